The normalized spacial score (nSPS) is 19.0. The van der Waals surface area contributed by atoms with Crippen LogP contribution >= 0.6 is 0 Å². The molecular formula is C19H21FN4. The highest BCUT2D eigenvalue weighted by Crippen LogP contribution is 2.25. The van der Waals surface area contributed by atoms with E-state index >= 15 is 0 Å². The Morgan fingerprint density at radius 1 is 1.29 bits per heavy atom. The van der Waals surface area contributed by atoms with Gasteiger partial charge in [0.05, 0.1) is 11.9 Å². The molecule has 0 radical (unpaired) electrons. The molecule has 4 nitrogen and oxygen atoms in total. The van der Waals surface area contributed by atoms with Gasteiger partial charge in [-0.05, 0) is 36.2 Å². The van der Waals surface area contributed by atoms with Gasteiger partial charge in [0.1, 0.15) is 11.5 Å². The summed E-state index contributed by atoms with van der Waals surface area (Å²) in [5, 5.41) is 3.42. The highest BCUT2D eigenvalue weighted by Gasteiger charge is 2.25. The van der Waals surface area contributed by atoms with Gasteiger partial charge in [-0.15, -0.1) is 0 Å². The molecule has 0 amide bonds. The lowest BCUT2D eigenvalue weighted by atomic mass is 10.0. The highest BCUT2D eigenvalue weighted by atomic mass is 19.1. The zero-order valence-electron chi connectivity index (χ0n) is 13.7. The number of benzene rings is 1. The molecule has 3 heterocycles. The fourth-order valence-electron chi connectivity index (χ4n) is 3.44. The number of aromatic nitrogens is 2. The minimum absolute atomic E-state index is 0.171. The maximum Gasteiger partial charge on any atom is 0.136 e. The van der Waals surface area contributed by atoms with Crippen LogP contribution in [0.15, 0.2) is 48.8 Å². The molecular weight excluding hydrogens is 303 g/mol. The molecule has 1 saturated heterocycles. The van der Waals surface area contributed by atoms with Crippen LogP contribution in [0.5, 0.6) is 0 Å². The number of aryl methyl sites for hydroxylation is 1. The Morgan fingerprint density at radius 2 is 2.21 bits per heavy atom. The monoisotopic (exact) mass is 324 g/mol. The average molecular weight is 324 g/mol. The van der Waals surface area contributed by atoms with Crippen molar-refractivity contribution >= 4 is 5.65 Å². The van der Waals surface area contributed by atoms with E-state index in [1.807, 2.05) is 18.3 Å². The first kappa shape index (κ1) is 15.3. The first-order valence-electron chi connectivity index (χ1n) is 8.33. The van der Waals surface area contributed by atoms with E-state index in [4.69, 9.17) is 0 Å². The third kappa shape index (κ3) is 2.92. The largest absolute Gasteiger partial charge is 0.314 e. The predicted octanol–water partition coefficient (Wildman–Crippen LogP) is 2.93. The van der Waals surface area contributed by atoms with Gasteiger partial charge in [-0.3, -0.25) is 4.90 Å². The van der Waals surface area contributed by atoms with Crippen molar-refractivity contribution in [2.24, 2.45) is 0 Å². The fourth-order valence-corrected chi connectivity index (χ4v) is 3.44. The fraction of sp³-hybridized carbons (Fsp3) is 0.316. The lowest BCUT2D eigenvalue weighted by molar-refractivity contribution is 0.151. The van der Waals surface area contributed by atoms with Gasteiger partial charge in [0.15, 0.2) is 0 Å². The molecule has 1 aromatic carbocycles. The maximum atomic E-state index is 13.6. The number of hydrogen-bond acceptors (Lipinski definition) is 3. The molecule has 124 valence electrons. The summed E-state index contributed by atoms with van der Waals surface area (Å²) < 4.78 is 15.8. The van der Waals surface area contributed by atoms with Crippen LogP contribution in [-0.2, 0) is 6.54 Å². The molecule has 0 saturated carbocycles. The topological polar surface area (TPSA) is 32.6 Å². The van der Waals surface area contributed by atoms with E-state index in [-0.39, 0.29) is 11.9 Å². The average Bonchev–Trinajstić information content (AvgIpc) is 2.97. The van der Waals surface area contributed by atoms with Gasteiger partial charge in [0.2, 0.25) is 0 Å². The van der Waals surface area contributed by atoms with Crippen LogP contribution in [0.3, 0.4) is 0 Å². The third-order valence-corrected chi connectivity index (χ3v) is 4.68. The Bertz CT molecular complexity index is 857. The van der Waals surface area contributed by atoms with Crippen LogP contribution < -0.4 is 5.32 Å². The minimum atomic E-state index is -0.177. The predicted molar refractivity (Wildman–Crippen MR) is 92.3 cm³/mol. The Balaban J connectivity index is 1.64. The first-order valence-corrected chi connectivity index (χ1v) is 8.33. The molecule has 5 heteroatoms. The van der Waals surface area contributed by atoms with E-state index in [1.165, 1.54) is 11.6 Å². The van der Waals surface area contributed by atoms with Gasteiger partial charge < -0.3 is 9.72 Å². The van der Waals surface area contributed by atoms with E-state index in [2.05, 4.69) is 38.8 Å². The zero-order chi connectivity index (χ0) is 16.5. The van der Waals surface area contributed by atoms with Crippen LogP contribution in [0.4, 0.5) is 4.39 Å². The van der Waals surface area contributed by atoms with Crippen molar-refractivity contribution in [1.29, 1.82) is 0 Å². The van der Waals surface area contributed by atoms with Gasteiger partial charge in [-0.25, -0.2) is 9.37 Å². The smallest absolute Gasteiger partial charge is 0.136 e. The van der Waals surface area contributed by atoms with E-state index in [1.54, 1.807) is 12.1 Å². The molecule has 0 bridgehead atoms. The van der Waals surface area contributed by atoms with Crippen LogP contribution in [0.2, 0.25) is 0 Å². The molecule has 1 fully saturated rings. The van der Waals surface area contributed by atoms with Gasteiger partial charge in [-0.2, -0.15) is 0 Å². The van der Waals surface area contributed by atoms with Gasteiger partial charge in [0, 0.05) is 38.4 Å². The lowest BCUT2D eigenvalue weighted by Gasteiger charge is -2.36. The van der Waals surface area contributed by atoms with Gasteiger partial charge >= 0.3 is 0 Å². The summed E-state index contributed by atoms with van der Waals surface area (Å²) >= 11 is 0. The Kier molecular flexibility index (Phi) is 4.04. The van der Waals surface area contributed by atoms with Gasteiger partial charge in [-0.1, -0.05) is 18.2 Å². The number of rotatable bonds is 3. The summed E-state index contributed by atoms with van der Waals surface area (Å²) in [6, 6.07) is 11.2. The summed E-state index contributed by atoms with van der Waals surface area (Å²) in [5.74, 6) is -0.177. The molecule has 2 aromatic heterocycles. The third-order valence-electron chi connectivity index (χ3n) is 4.68. The number of imidazole rings is 1. The van der Waals surface area contributed by atoms with E-state index in [9.17, 15) is 4.39 Å². The lowest BCUT2D eigenvalue weighted by Crippen LogP contribution is -2.45. The second kappa shape index (κ2) is 6.34. The second-order valence-electron chi connectivity index (χ2n) is 6.43. The van der Waals surface area contributed by atoms with Crippen molar-refractivity contribution in [1.82, 2.24) is 19.6 Å². The van der Waals surface area contributed by atoms with Crippen LogP contribution in [0.1, 0.15) is 22.9 Å². The quantitative estimate of drug-likeness (QED) is 0.804. The molecule has 24 heavy (non-hydrogen) atoms. The van der Waals surface area contributed by atoms with Crippen molar-refractivity contribution < 1.29 is 4.39 Å². The van der Waals surface area contributed by atoms with Crippen molar-refractivity contribution in [2.45, 2.75) is 19.5 Å². The summed E-state index contributed by atoms with van der Waals surface area (Å²) in [5.41, 5.74) is 4.36. The minimum Gasteiger partial charge on any atom is -0.314 e. The number of hydrogen-bond donors (Lipinski definition) is 1. The number of halogens is 1. The summed E-state index contributed by atoms with van der Waals surface area (Å²) in [7, 11) is 0. The van der Waals surface area contributed by atoms with E-state index in [0.717, 1.165) is 43.1 Å². The standard InChI is InChI=1S/C19H21FN4/c1-14-5-6-19-22-10-17(24(19)12-14)13-23-8-7-21-11-18(23)15-3-2-4-16(20)9-15/h2-6,9-10,12,18,21H,7-8,11,13H2,1H3. The van der Waals surface area contributed by atoms with Crippen molar-refractivity contribution in [3.8, 4) is 0 Å². The molecule has 4 rings (SSSR count). The van der Waals surface area contributed by atoms with Crippen molar-refractivity contribution in [3.05, 3.63) is 71.4 Å². The number of nitrogens with one attached hydrogen (secondary N) is 1. The summed E-state index contributed by atoms with van der Waals surface area (Å²) in [4.78, 5) is 6.90. The molecule has 1 atom stereocenters. The maximum absolute atomic E-state index is 13.6. The molecule has 0 aliphatic carbocycles. The van der Waals surface area contributed by atoms with Crippen molar-refractivity contribution in [2.75, 3.05) is 19.6 Å². The molecule has 3 aromatic rings. The van der Waals surface area contributed by atoms with Crippen LogP contribution in [0.25, 0.3) is 5.65 Å². The van der Waals surface area contributed by atoms with Crippen LogP contribution in [-0.4, -0.2) is 33.9 Å². The van der Waals surface area contributed by atoms with Crippen LogP contribution in [0, 0.1) is 12.7 Å². The van der Waals surface area contributed by atoms with Crippen molar-refractivity contribution in [3.63, 3.8) is 0 Å². The number of pyridine rings is 1. The summed E-state index contributed by atoms with van der Waals surface area (Å²) in [6.07, 6.45) is 4.07. The molecule has 0 spiro atoms. The first-order chi connectivity index (χ1) is 11.7. The Morgan fingerprint density at radius 3 is 3.08 bits per heavy atom. The van der Waals surface area contributed by atoms with Gasteiger partial charge in [0.25, 0.3) is 0 Å². The summed E-state index contributed by atoms with van der Waals surface area (Å²) in [6.45, 7) is 5.60. The molecule has 1 N–H and O–H groups in total. The Labute approximate surface area is 140 Å². The number of piperazine rings is 1. The van der Waals surface area contributed by atoms with E-state index in [0.29, 0.717) is 0 Å². The molecule has 1 aliphatic heterocycles. The molecule has 1 aliphatic rings. The Hall–Kier alpha value is -2.24. The molecule has 1 unspecified atom stereocenters. The SMILES string of the molecule is Cc1ccc2ncc(CN3CCNCC3c3cccc(F)c3)n2c1. The number of nitrogens with zero attached hydrogens (tertiary/aromatic N) is 3. The number of fused-ring (bicyclic) bond motifs is 1. The highest BCUT2D eigenvalue weighted by molar-refractivity contribution is 5.41. The zero-order valence-corrected chi connectivity index (χ0v) is 13.7. The van der Waals surface area contributed by atoms with E-state index < -0.39 is 0 Å². The second-order valence-corrected chi connectivity index (χ2v) is 6.43.